The molecule has 6 heteroatoms. The summed E-state index contributed by atoms with van der Waals surface area (Å²) in [5.41, 5.74) is 1.84. The number of nitrogens with zero attached hydrogens (tertiary/aromatic N) is 1. The molecule has 0 N–H and O–H groups in total. The van der Waals surface area contributed by atoms with Gasteiger partial charge < -0.3 is 9.15 Å². The van der Waals surface area contributed by atoms with E-state index in [1.54, 1.807) is 19.4 Å². The smallest absolute Gasteiger partial charge is 0.293 e. The Morgan fingerprint density at radius 2 is 1.85 bits per heavy atom. The topological polar surface area (TPSA) is 59.8 Å². The second-order valence-corrected chi connectivity index (χ2v) is 7.76. The highest BCUT2D eigenvalue weighted by Gasteiger charge is 2.40. The van der Waals surface area contributed by atoms with E-state index in [-0.39, 0.29) is 17.2 Å². The number of amides is 2. The van der Waals surface area contributed by atoms with Crippen molar-refractivity contribution in [2.24, 2.45) is 0 Å². The number of ether oxygens (including phenoxy) is 1. The summed E-state index contributed by atoms with van der Waals surface area (Å²) < 4.78 is 10.8. The zero-order valence-corrected chi connectivity index (χ0v) is 16.0. The van der Waals surface area contributed by atoms with Gasteiger partial charge >= 0.3 is 0 Å². The van der Waals surface area contributed by atoms with Crippen LogP contribution in [0.15, 0.2) is 45.9 Å². The third-order valence-electron chi connectivity index (χ3n) is 5.12. The van der Waals surface area contributed by atoms with Crippen LogP contribution in [0, 0.1) is 0 Å². The molecule has 0 bridgehead atoms. The number of thioether (sulfide) groups is 1. The highest BCUT2D eigenvalue weighted by atomic mass is 32.2. The average Bonchev–Trinajstić information content (AvgIpc) is 3.27. The summed E-state index contributed by atoms with van der Waals surface area (Å²) in [5.74, 6) is 1.15. The Bertz CT molecular complexity index is 878. The van der Waals surface area contributed by atoms with Gasteiger partial charge in [-0.05, 0) is 48.4 Å². The molecule has 2 aromatic rings. The van der Waals surface area contributed by atoms with Crippen LogP contribution >= 0.6 is 11.8 Å². The Morgan fingerprint density at radius 1 is 1.11 bits per heavy atom. The largest absolute Gasteiger partial charge is 0.497 e. The lowest BCUT2D eigenvalue weighted by atomic mass is 9.94. The van der Waals surface area contributed by atoms with Gasteiger partial charge in [-0.1, -0.05) is 31.4 Å². The Hall–Kier alpha value is -2.47. The van der Waals surface area contributed by atoms with E-state index in [4.69, 9.17) is 9.15 Å². The monoisotopic (exact) mass is 383 g/mol. The van der Waals surface area contributed by atoms with E-state index in [0.29, 0.717) is 10.7 Å². The van der Waals surface area contributed by atoms with E-state index in [1.807, 2.05) is 30.3 Å². The second kappa shape index (κ2) is 7.64. The molecule has 1 saturated carbocycles. The van der Waals surface area contributed by atoms with E-state index in [0.717, 1.165) is 54.3 Å². The quantitative estimate of drug-likeness (QED) is 0.668. The number of methoxy groups -OCH3 is 1. The van der Waals surface area contributed by atoms with Crippen molar-refractivity contribution in [2.75, 3.05) is 7.11 Å². The van der Waals surface area contributed by atoms with Gasteiger partial charge in [0, 0.05) is 17.7 Å². The number of imide groups is 1. The molecule has 4 rings (SSSR count). The molecule has 1 aromatic heterocycles. The molecule has 0 radical (unpaired) electrons. The van der Waals surface area contributed by atoms with Crippen LogP contribution < -0.4 is 4.74 Å². The summed E-state index contributed by atoms with van der Waals surface area (Å²) in [5, 5.41) is -0.171. The first-order valence-corrected chi connectivity index (χ1v) is 9.98. The molecule has 0 spiro atoms. The standard InChI is InChI=1S/C21H21NO4S/c1-25-16-9-7-14(8-10-16)17-11-12-26-18(17)13-19-20(23)22(21(24)27-19)15-5-3-2-4-6-15/h7-13,15H,2-6H2,1H3/b19-13-. The van der Waals surface area contributed by atoms with Crippen molar-refractivity contribution in [3.63, 3.8) is 0 Å². The normalized spacial score (nSPS) is 19.9. The number of carbonyl (C=O) groups excluding carboxylic acids is 2. The van der Waals surface area contributed by atoms with Crippen molar-refractivity contribution < 1.29 is 18.7 Å². The van der Waals surface area contributed by atoms with Crippen LogP contribution in [0.4, 0.5) is 4.79 Å². The molecule has 5 nitrogen and oxygen atoms in total. The fourth-order valence-corrected chi connectivity index (χ4v) is 4.56. The van der Waals surface area contributed by atoms with Gasteiger partial charge in [-0.2, -0.15) is 0 Å². The Labute approximate surface area is 162 Å². The van der Waals surface area contributed by atoms with Gasteiger partial charge in [-0.3, -0.25) is 14.5 Å². The molecule has 0 unspecified atom stereocenters. The van der Waals surface area contributed by atoms with Gasteiger partial charge in [0.1, 0.15) is 11.5 Å². The van der Waals surface area contributed by atoms with Crippen LogP contribution in [0.2, 0.25) is 0 Å². The highest BCUT2D eigenvalue weighted by molar-refractivity contribution is 8.18. The van der Waals surface area contributed by atoms with E-state index < -0.39 is 0 Å². The summed E-state index contributed by atoms with van der Waals surface area (Å²) in [6.07, 6.45) is 8.42. The number of hydrogen-bond acceptors (Lipinski definition) is 5. The van der Waals surface area contributed by atoms with Crippen molar-refractivity contribution in [1.29, 1.82) is 0 Å². The SMILES string of the molecule is COc1ccc(-c2ccoc2/C=C2\SC(=O)N(C3CCCCC3)C2=O)cc1. The van der Waals surface area contributed by atoms with Gasteiger partial charge in [0.15, 0.2) is 0 Å². The molecule has 2 amide bonds. The summed E-state index contributed by atoms with van der Waals surface area (Å²) in [4.78, 5) is 27.1. The number of hydrogen-bond donors (Lipinski definition) is 0. The zero-order valence-electron chi connectivity index (χ0n) is 15.1. The van der Waals surface area contributed by atoms with Gasteiger partial charge in [0.05, 0.1) is 18.3 Å². The first kappa shape index (κ1) is 17.9. The fraction of sp³-hybridized carbons (Fsp3) is 0.333. The molecule has 1 aliphatic heterocycles. The number of furan rings is 1. The third kappa shape index (κ3) is 3.54. The molecular weight excluding hydrogens is 362 g/mol. The molecule has 140 valence electrons. The summed E-state index contributed by atoms with van der Waals surface area (Å²) >= 11 is 1.00. The molecule has 1 aromatic carbocycles. The van der Waals surface area contributed by atoms with Crippen LogP contribution in [0.3, 0.4) is 0 Å². The van der Waals surface area contributed by atoms with Crippen LogP contribution in [-0.4, -0.2) is 29.2 Å². The van der Waals surface area contributed by atoms with Crippen LogP contribution in [0.1, 0.15) is 37.9 Å². The molecule has 2 heterocycles. The lowest BCUT2D eigenvalue weighted by Gasteiger charge is -2.28. The van der Waals surface area contributed by atoms with E-state index in [1.165, 1.54) is 11.3 Å². The minimum Gasteiger partial charge on any atom is -0.497 e. The molecule has 1 aliphatic carbocycles. The van der Waals surface area contributed by atoms with Crippen molar-refractivity contribution in [3.05, 3.63) is 47.3 Å². The van der Waals surface area contributed by atoms with Gasteiger partial charge in [-0.15, -0.1) is 0 Å². The minimum atomic E-state index is -0.200. The van der Waals surface area contributed by atoms with Gasteiger partial charge in [0.25, 0.3) is 11.1 Å². The fourth-order valence-electron chi connectivity index (χ4n) is 3.69. The maximum absolute atomic E-state index is 12.8. The Balaban J connectivity index is 1.60. The van der Waals surface area contributed by atoms with Crippen LogP contribution in [-0.2, 0) is 4.79 Å². The summed E-state index contributed by atoms with van der Waals surface area (Å²) in [6.45, 7) is 0. The Morgan fingerprint density at radius 3 is 2.56 bits per heavy atom. The molecule has 27 heavy (non-hydrogen) atoms. The number of benzene rings is 1. The number of rotatable bonds is 4. The maximum Gasteiger partial charge on any atom is 0.293 e. The lowest BCUT2D eigenvalue weighted by Crippen LogP contribution is -2.39. The predicted octanol–water partition coefficient (Wildman–Crippen LogP) is 5.32. The third-order valence-corrected chi connectivity index (χ3v) is 6.01. The average molecular weight is 383 g/mol. The van der Waals surface area contributed by atoms with E-state index in [9.17, 15) is 9.59 Å². The maximum atomic E-state index is 12.8. The van der Waals surface area contributed by atoms with Gasteiger partial charge in [-0.25, -0.2) is 0 Å². The van der Waals surface area contributed by atoms with E-state index >= 15 is 0 Å². The van der Waals surface area contributed by atoms with Crippen molar-refractivity contribution in [2.45, 2.75) is 38.1 Å². The predicted molar refractivity (Wildman–Crippen MR) is 105 cm³/mol. The second-order valence-electron chi connectivity index (χ2n) is 6.77. The molecule has 1 saturated heterocycles. The molecule has 2 fully saturated rings. The zero-order chi connectivity index (χ0) is 18.8. The van der Waals surface area contributed by atoms with Crippen molar-refractivity contribution in [1.82, 2.24) is 4.90 Å². The van der Waals surface area contributed by atoms with Crippen molar-refractivity contribution in [3.8, 4) is 16.9 Å². The lowest BCUT2D eigenvalue weighted by molar-refractivity contribution is -0.124. The van der Waals surface area contributed by atoms with E-state index in [2.05, 4.69) is 0 Å². The first-order chi connectivity index (χ1) is 13.2. The van der Waals surface area contributed by atoms with Crippen molar-refractivity contribution >= 4 is 29.0 Å². The molecule has 0 atom stereocenters. The van der Waals surface area contributed by atoms with Crippen LogP contribution in [0.5, 0.6) is 5.75 Å². The molecule has 2 aliphatic rings. The Kier molecular flexibility index (Phi) is 5.07. The summed E-state index contributed by atoms with van der Waals surface area (Å²) in [6, 6.07) is 9.53. The highest BCUT2D eigenvalue weighted by Crippen LogP contribution is 2.38. The first-order valence-electron chi connectivity index (χ1n) is 9.16. The number of carbonyl (C=O) groups is 2. The van der Waals surface area contributed by atoms with Crippen LogP contribution in [0.25, 0.3) is 17.2 Å². The minimum absolute atomic E-state index is 0.0369. The summed E-state index contributed by atoms with van der Waals surface area (Å²) in [7, 11) is 1.63. The molecular formula is C21H21NO4S. The van der Waals surface area contributed by atoms with Gasteiger partial charge in [0.2, 0.25) is 0 Å².